The minimum atomic E-state index is -4.22. The Kier molecular flexibility index (Phi) is 12.2. The number of nitrogens with one attached hydrogen (secondary N) is 2. The van der Waals surface area contributed by atoms with Gasteiger partial charge in [0.05, 0.1) is 25.1 Å². The van der Waals surface area contributed by atoms with Crippen LogP contribution in [0.2, 0.25) is 0 Å². The number of hydrogen-bond donors (Lipinski definition) is 3. The normalized spacial score (nSPS) is 15.1. The van der Waals surface area contributed by atoms with Gasteiger partial charge in [-0.25, -0.2) is 13.1 Å². The number of ether oxygens (including phenoxy) is 1. The lowest BCUT2D eigenvalue weighted by atomic mass is 9.96. The van der Waals surface area contributed by atoms with Gasteiger partial charge in [0, 0.05) is 18.8 Å². The highest BCUT2D eigenvalue weighted by atomic mass is 32.2. The van der Waals surface area contributed by atoms with Crippen molar-refractivity contribution in [1.82, 2.24) is 4.72 Å². The zero-order valence-corrected chi connectivity index (χ0v) is 20.1. The zero-order chi connectivity index (χ0) is 23.3. The first-order valence-electron chi connectivity index (χ1n) is 11.0. The number of anilines is 1. The first-order valence-corrected chi connectivity index (χ1v) is 12.4. The highest BCUT2D eigenvalue weighted by Gasteiger charge is 2.25. The molecular formula is C22H39N3O5S. The van der Waals surface area contributed by atoms with E-state index >= 15 is 0 Å². The monoisotopic (exact) mass is 457 g/mol. The lowest BCUT2D eigenvalue weighted by molar-refractivity contribution is -0.720. The molecular weight excluding hydrogens is 418 g/mol. The fraction of sp³-hybridized carbons (Fsp3) is 0.682. The average molecular weight is 458 g/mol. The maximum absolute atomic E-state index is 12.2. The molecule has 1 aromatic rings. The van der Waals surface area contributed by atoms with E-state index in [0.717, 1.165) is 50.8 Å². The van der Waals surface area contributed by atoms with E-state index < -0.39 is 10.3 Å². The number of hydrogen-bond acceptors (Lipinski definition) is 5. The molecule has 0 heterocycles. The smallest absolute Gasteiger partial charge is 0.230 e. The minimum Gasteiger partial charge on any atom is -0.735 e. The molecule has 1 aromatic carbocycles. The molecule has 0 radical (unpaired) electrons. The van der Waals surface area contributed by atoms with Crippen molar-refractivity contribution >= 4 is 21.9 Å². The number of aryl methyl sites for hydroxylation is 1. The molecule has 0 unspecified atom stereocenters. The van der Waals surface area contributed by atoms with E-state index in [-0.39, 0.29) is 17.5 Å². The molecule has 2 rings (SSSR count). The molecule has 31 heavy (non-hydrogen) atoms. The van der Waals surface area contributed by atoms with Crippen LogP contribution in [0.15, 0.2) is 24.3 Å². The number of methoxy groups -OCH3 is 1. The second-order valence-electron chi connectivity index (χ2n) is 8.62. The Morgan fingerprint density at radius 3 is 2.45 bits per heavy atom. The number of amides is 1. The number of benzene rings is 1. The molecule has 0 bridgehead atoms. The third-order valence-corrected chi connectivity index (χ3v) is 5.85. The Balaban J connectivity index is 0.000000367. The van der Waals surface area contributed by atoms with E-state index in [1.165, 1.54) is 5.56 Å². The standard InChI is InChI=1S/C16H26N2O2.C6H13NO3S/c1-5-13-8-6-7-9-14(13)18-15(19)12-16(2,3)17-10-11-20-4;8-11(9,10)7-6-4-2-1-3-5-6/h6-9,17H,5,10-12H2,1-4H3,(H,18,19);6-7H,1-5H2,(H,8,9,10). The zero-order valence-electron chi connectivity index (χ0n) is 19.3. The Hall–Kier alpha value is -1.52. The molecule has 0 aromatic heterocycles. The van der Waals surface area contributed by atoms with Crippen LogP contribution in [0, 0.1) is 0 Å². The van der Waals surface area contributed by atoms with Gasteiger partial charge in [0.1, 0.15) is 0 Å². The van der Waals surface area contributed by atoms with Crippen LogP contribution in [0.4, 0.5) is 5.69 Å². The lowest BCUT2D eigenvalue weighted by Crippen LogP contribution is -2.96. The number of para-hydroxylation sites is 1. The van der Waals surface area contributed by atoms with Crippen molar-refractivity contribution in [2.45, 2.75) is 77.3 Å². The summed E-state index contributed by atoms with van der Waals surface area (Å²) in [5, 5.41) is 5.17. The quantitative estimate of drug-likeness (QED) is 0.366. The number of quaternary nitrogens is 1. The summed E-state index contributed by atoms with van der Waals surface area (Å²) in [5.41, 5.74) is 1.97. The van der Waals surface area contributed by atoms with Crippen molar-refractivity contribution in [2.24, 2.45) is 0 Å². The maximum atomic E-state index is 12.2. The van der Waals surface area contributed by atoms with Gasteiger partial charge in [0.15, 0.2) is 10.3 Å². The highest BCUT2D eigenvalue weighted by Crippen LogP contribution is 2.18. The van der Waals surface area contributed by atoms with Crippen LogP contribution in [0.25, 0.3) is 0 Å². The van der Waals surface area contributed by atoms with E-state index in [0.29, 0.717) is 13.0 Å². The summed E-state index contributed by atoms with van der Waals surface area (Å²) in [6.45, 7) is 7.81. The third-order valence-electron chi connectivity index (χ3n) is 5.22. The van der Waals surface area contributed by atoms with Gasteiger partial charge in [-0.15, -0.1) is 0 Å². The summed E-state index contributed by atoms with van der Waals surface area (Å²) < 4.78 is 37.8. The third kappa shape index (κ3) is 12.8. The Morgan fingerprint density at radius 1 is 1.23 bits per heavy atom. The van der Waals surface area contributed by atoms with Crippen molar-refractivity contribution in [2.75, 3.05) is 25.6 Å². The van der Waals surface area contributed by atoms with Gasteiger partial charge >= 0.3 is 0 Å². The number of nitrogens with two attached hydrogens (primary N) is 1. The van der Waals surface area contributed by atoms with Crippen LogP contribution in [0.5, 0.6) is 0 Å². The number of carbonyl (C=O) groups is 1. The fourth-order valence-electron chi connectivity index (χ4n) is 3.62. The summed E-state index contributed by atoms with van der Waals surface area (Å²) in [7, 11) is -2.53. The van der Waals surface area contributed by atoms with E-state index in [1.54, 1.807) is 7.11 Å². The van der Waals surface area contributed by atoms with Gasteiger partial charge in [0.2, 0.25) is 5.91 Å². The van der Waals surface area contributed by atoms with E-state index in [1.807, 2.05) is 24.3 Å². The van der Waals surface area contributed by atoms with Crippen LogP contribution < -0.4 is 15.4 Å². The van der Waals surface area contributed by atoms with Gasteiger partial charge in [-0.1, -0.05) is 44.4 Å². The van der Waals surface area contributed by atoms with Crippen LogP contribution >= 0.6 is 0 Å². The topological polar surface area (TPSA) is 124 Å². The van der Waals surface area contributed by atoms with Gasteiger partial charge in [-0.2, -0.15) is 0 Å². The largest absolute Gasteiger partial charge is 0.735 e. The van der Waals surface area contributed by atoms with Crippen molar-refractivity contribution in [3.63, 3.8) is 0 Å². The molecule has 1 fully saturated rings. The molecule has 178 valence electrons. The molecule has 0 aliphatic heterocycles. The van der Waals surface area contributed by atoms with Crippen LogP contribution in [0.1, 0.15) is 64.9 Å². The van der Waals surface area contributed by atoms with E-state index in [2.05, 4.69) is 36.1 Å². The molecule has 1 saturated carbocycles. The Labute approximate surface area is 187 Å². The predicted molar refractivity (Wildman–Crippen MR) is 122 cm³/mol. The van der Waals surface area contributed by atoms with Crippen LogP contribution in [-0.2, 0) is 26.3 Å². The molecule has 1 amide bonds. The van der Waals surface area contributed by atoms with Crippen LogP contribution in [-0.4, -0.2) is 50.7 Å². The first kappa shape index (κ1) is 27.5. The summed E-state index contributed by atoms with van der Waals surface area (Å²) in [6.07, 6.45) is 6.20. The molecule has 0 spiro atoms. The molecule has 9 heteroatoms. The Morgan fingerprint density at radius 2 is 1.87 bits per heavy atom. The second kappa shape index (κ2) is 13.8. The van der Waals surface area contributed by atoms with Crippen molar-refractivity contribution in [3.8, 4) is 0 Å². The summed E-state index contributed by atoms with van der Waals surface area (Å²) in [6, 6.07) is 7.84. The highest BCUT2D eigenvalue weighted by molar-refractivity contribution is 7.83. The Bertz CT molecular complexity index is 762. The van der Waals surface area contributed by atoms with Gasteiger partial charge in [-0.05, 0) is 44.7 Å². The predicted octanol–water partition coefficient (Wildman–Crippen LogP) is 1.93. The van der Waals surface area contributed by atoms with E-state index in [4.69, 9.17) is 4.74 Å². The summed E-state index contributed by atoms with van der Waals surface area (Å²) in [4.78, 5) is 12.2. The fourth-order valence-corrected chi connectivity index (χ4v) is 4.27. The van der Waals surface area contributed by atoms with Gasteiger partial charge in [0.25, 0.3) is 0 Å². The SMILES string of the molecule is CCc1ccccc1NC(=O)CC(C)(C)[NH2+]CCOC.O=S(=O)([O-])NC1CCCCC1. The average Bonchev–Trinajstić information content (AvgIpc) is 2.68. The minimum absolute atomic E-state index is 0.0598. The molecule has 0 saturated heterocycles. The lowest BCUT2D eigenvalue weighted by Gasteiger charge is -2.23. The van der Waals surface area contributed by atoms with Gasteiger partial charge in [-0.3, -0.25) is 4.79 Å². The number of rotatable bonds is 10. The number of carbonyl (C=O) groups excluding carboxylic acids is 1. The first-order chi connectivity index (χ1) is 14.6. The molecule has 1 aliphatic rings. The van der Waals surface area contributed by atoms with Crippen molar-refractivity contribution < 1.29 is 27.8 Å². The summed E-state index contributed by atoms with van der Waals surface area (Å²) >= 11 is 0. The molecule has 1 aliphatic carbocycles. The molecule has 0 atom stereocenters. The maximum Gasteiger partial charge on any atom is 0.230 e. The van der Waals surface area contributed by atoms with E-state index in [9.17, 15) is 17.8 Å². The van der Waals surface area contributed by atoms with Crippen molar-refractivity contribution in [3.05, 3.63) is 29.8 Å². The molecule has 8 nitrogen and oxygen atoms in total. The van der Waals surface area contributed by atoms with Gasteiger partial charge < -0.3 is 19.9 Å². The molecule has 4 N–H and O–H groups in total. The van der Waals surface area contributed by atoms with Crippen molar-refractivity contribution in [1.29, 1.82) is 0 Å². The van der Waals surface area contributed by atoms with Crippen LogP contribution in [0.3, 0.4) is 0 Å². The summed E-state index contributed by atoms with van der Waals surface area (Å²) in [5.74, 6) is 0.0598. The second-order valence-corrected chi connectivity index (χ2v) is 9.76.